The van der Waals surface area contributed by atoms with Crippen molar-refractivity contribution in [2.24, 2.45) is 0 Å². The van der Waals surface area contributed by atoms with E-state index in [0.717, 1.165) is 5.46 Å². The van der Waals surface area contributed by atoms with Gasteiger partial charge in [0, 0.05) is 11.0 Å². The van der Waals surface area contributed by atoms with Crippen molar-refractivity contribution >= 4 is 24.2 Å². The molecule has 1 fully saturated rings. The summed E-state index contributed by atoms with van der Waals surface area (Å²) in [7, 11) is 1.01. The van der Waals surface area contributed by atoms with E-state index in [0.29, 0.717) is 17.0 Å². The molecule has 1 N–H and O–H groups in total. The number of carbonyl (C=O) groups excluding carboxylic acids is 1. The first-order valence-electron chi connectivity index (χ1n) is 10.3. The Kier molecular flexibility index (Phi) is 5.78. The van der Waals surface area contributed by atoms with Crippen LogP contribution in [0.3, 0.4) is 0 Å². The van der Waals surface area contributed by atoms with Gasteiger partial charge in [-0.05, 0) is 56.9 Å². The summed E-state index contributed by atoms with van der Waals surface area (Å²) < 4.78 is 18.0. The SMILES string of the molecule is COc1c(NC(=O)c2ccc(C(C)(C)C)cc2)cccc1B1OC(C)(C)C(C)(C)O1. The average molecular weight is 409 g/mol. The molecule has 160 valence electrons. The van der Waals surface area contributed by atoms with Crippen molar-refractivity contribution in [1.29, 1.82) is 0 Å². The van der Waals surface area contributed by atoms with Crippen LogP contribution >= 0.6 is 0 Å². The molecule has 6 heteroatoms. The number of para-hydroxylation sites is 1. The molecular formula is C24H32BNO4. The first-order chi connectivity index (χ1) is 13.9. The minimum Gasteiger partial charge on any atom is -0.495 e. The van der Waals surface area contributed by atoms with Crippen LogP contribution in [0.4, 0.5) is 5.69 Å². The summed E-state index contributed by atoms with van der Waals surface area (Å²) in [6, 6.07) is 13.3. The van der Waals surface area contributed by atoms with Crippen molar-refractivity contribution in [2.75, 3.05) is 12.4 Å². The highest BCUT2D eigenvalue weighted by molar-refractivity contribution is 6.63. The summed E-state index contributed by atoms with van der Waals surface area (Å²) in [5.41, 5.74) is 2.21. The molecule has 0 radical (unpaired) electrons. The Bertz CT molecular complexity index is 913. The van der Waals surface area contributed by atoms with Gasteiger partial charge in [-0.3, -0.25) is 4.79 Å². The van der Waals surface area contributed by atoms with Gasteiger partial charge < -0.3 is 19.4 Å². The van der Waals surface area contributed by atoms with E-state index >= 15 is 0 Å². The van der Waals surface area contributed by atoms with E-state index in [-0.39, 0.29) is 11.3 Å². The van der Waals surface area contributed by atoms with Crippen LogP contribution in [0.25, 0.3) is 0 Å². The van der Waals surface area contributed by atoms with Crippen molar-refractivity contribution in [3.63, 3.8) is 0 Å². The quantitative estimate of drug-likeness (QED) is 0.754. The molecule has 1 aliphatic rings. The van der Waals surface area contributed by atoms with Crippen LogP contribution < -0.4 is 15.5 Å². The number of carbonyl (C=O) groups is 1. The highest BCUT2D eigenvalue weighted by Crippen LogP contribution is 2.38. The number of benzene rings is 2. The van der Waals surface area contributed by atoms with E-state index in [9.17, 15) is 4.79 Å². The standard InChI is InChI=1S/C24H32BNO4/c1-22(2,3)17-14-12-16(13-15-17)21(27)26-19-11-9-10-18(20(19)28-8)25-29-23(4,5)24(6,7)30-25/h9-15H,1-8H3,(H,26,27). The smallest absolute Gasteiger partial charge is 0.495 e. The lowest BCUT2D eigenvalue weighted by Gasteiger charge is -2.32. The molecule has 2 aromatic carbocycles. The van der Waals surface area contributed by atoms with Gasteiger partial charge in [0.05, 0.1) is 24.0 Å². The first-order valence-corrected chi connectivity index (χ1v) is 10.3. The normalized spacial score (nSPS) is 17.7. The molecule has 0 atom stereocenters. The van der Waals surface area contributed by atoms with Crippen LogP contribution in [0.1, 0.15) is 64.4 Å². The van der Waals surface area contributed by atoms with Crippen LogP contribution in [0.5, 0.6) is 5.75 Å². The maximum absolute atomic E-state index is 12.9. The fourth-order valence-electron chi connectivity index (χ4n) is 3.35. The van der Waals surface area contributed by atoms with E-state index in [2.05, 4.69) is 26.1 Å². The summed E-state index contributed by atoms with van der Waals surface area (Å²) in [6.07, 6.45) is 0. The number of rotatable bonds is 4. The Balaban J connectivity index is 1.86. The van der Waals surface area contributed by atoms with Crippen molar-refractivity contribution < 1.29 is 18.8 Å². The molecule has 0 spiro atoms. The molecule has 0 unspecified atom stereocenters. The number of methoxy groups -OCH3 is 1. The predicted molar refractivity (Wildman–Crippen MR) is 122 cm³/mol. The molecule has 1 heterocycles. The summed E-state index contributed by atoms with van der Waals surface area (Å²) >= 11 is 0. The van der Waals surface area contributed by atoms with Crippen LogP contribution in [0.2, 0.25) is 0 Å². The van der Waals surface area contributed by atoms with Crippen LogP contribution in [-0.4, -0.2) is 31.3 Å². The summed E-state index contributed by atoms with van der Waals surface area (Å²) in [5.74, 6) is 0.343. The number of hydrogen-bond acceptors (Lipinski definition) is 4. The van der Waals surface area contributed by atoms with Crippen molar-refractivity contribution in [2.45, 2.75) is 65.1 Å². The molecular weight excluding hydrogens is 377 g/mol. The van der Waals surface area contributed by atoms with Gasteiger partial charge in [0.15, 0.2) is 0 Å². The third-order valence-corrected chi connectivity index (χ3v) is 6.02. The Morgan fingerprint density at radius 2 is 1.53 bits per heavy atom. The summed E-state index contributed by atoms with van der Waals surface area (Å²) in [6.45, 7) is 14.5. The molecule has 0 bridgehead atoms. The van der Waals surface area contributed by atoms with E-state index in [1.807, 2.05) is 70.2 Å². The third-order valence-electron chi connectivity index (χ3n) is 6.02. The molecule has 0 aliphatic carbocycles. The van der Waals surface area contributed by atoms with E-state index in [4.69, 9.17) is 14.0 Å². The van der Waals surface area contributed by atoms with E-state index in [1.165, 1.54) is 5.56 Å². The molecule has 0 aromatic heterocycles. The van der Waals surface area contributed by atoms with Crippen LogP contribution in [0, 0.1) is 0 Å². The van der Waals surface area contributed by atoms with Crippen molar-refractivity contribution in [3.05, 3.63) is 53.6 Å². The minimum atomic E-state index is -0.576. The number of nitrogens with one attached hydrogen (secondary N) is 1. The van der Waals surface area contributed by atoms with E-state index in [1.54, 1.807) is 7.11 Å². The number of anilines is 1. The number of ether oxygens (including phenoxy) is 1. The zero-order valence-electron chi connectivity index (χ0n) is 19.3. The second-order valence-corrected chi connectivity index (χ2v) is 9.80. The van der Waals surface area contributed by atoms with Crippen LogP contribution in [0.15, 0.2) is 42.5 Å². The van der Waals surface area contributed by atoms with Gasteiger partial charge in [-0.25, -0.2) is 0 Å². The molecule has 1 amide bonds. The number of amides is 1. The highest BCUT2D eigenvalue weighted by atomic mass is 16.7. The lowest BCUT2D eigenvalue weighted by Crippen LogP contribution is -2.41. The van der Waals surface area contributed by atoms with Crippen LogP contribution in [-0.2, 0) is 14.7 Å². The second kappa shape index (κ2) is 7.75. The van der Waals surface area contributed by atoms with Gasteiger partial charge in [0.1, 0.15) is 5.75 Å². The van der Waals surface area contributed by atoms with Crippen molar-refractivity contribution in [1.82, 2.24) is 0 Å². The van der Waals surface area contributed by atoms with Crippen molar-refractivity contribution in [3.8, 4) is 5.75 Å². The van der Waals surface area contributed by atoms with Gasteiger partial charge >= 0.3 is 7.12 Å². The zero-order chi connectivity index (χ0) is 22.3. The zero-order valence-corrected chi connectivity index (χ0v) is 19.3. The molecule has 30 heavy (non-hydrogen) atoms. The third kappa shape index (κ3) is 4.25. The van der Waals surface area contributed by atoms with Gasteiger partial charge in [-0.2, -0.15) is 0 Å². The summed E-state index contributed by atoms with van der Waals surface area (Å²) in [4.78, 5) is 12.9. The largest absolute Gasteiger partial charge is 0.498 e. The van der Waals surface area contributed by atoms with Gasteiger partial charge in [0.25, 0.3) is 5.91 Å². The van der Waals surface area contributed by atoms with Gasteiger partial charge in [-0.1, -0.05) is 45.0 Å². The second-order valence-electron chi connectivity index (χ2n) is 9.80. The molecule has 3 rings (SSSR count). The molecule has 1 aliphatic heterocycles. The number of hydrogen-bond donors (Lipinski definition) is 1. The lowest BCUT2D eigenvalue weighted by molar-refractivity contribution is 0.00578. The maximum atomic E-state index is 12.9. The molecule has 1 saturated heterocycles. The first kappa shape index (κ1) is 22.4. The fraction of sp³-hybridized carbons (Fsp3) is 0.458. The molecule has 0 saturated carbocycles. The Morgan fingerprint density at radius 1 is 0.967 bits per heavy atom. The molecule has 2 aromatic rings. The van der Waals surface area contributed by atoms with Gasteiger partial charge in [-0.15, -0.1) is 0 Å². The monoisotopic (exact) mass is 409 g/mol. The maximum Gasteiger partial charge on any atom is 0.498 e. The highest BCUT2D eigenvalue weighted by Gasteiger charge is 2.52. The van der Waals surface area contributed by atoms with Gasteiger partial charge in [0.2, 0.25) is 0 Å². The lowest BCUT2D eigenvalue weighted by atomic mass is 9.78. The fourth-order valence-corrected chi connectivity index (χ4v) is 3.35. The average Bonchev–Trinajstić information content (AvgIpc) is 2.88. The minimum absolute atomic E-state index is 0.0371. The topological polar surface area (TPSA) is 56.8 Å². The Hall–Kier alpha value is -2.31. The Morgan fingerprint density at radius 3 is 2.03 bits per heavy atom. The predicted octanol–water partition coefficient (Wildman–Crippen LogP) is 4.54. The molecule has 5 nitrogen and oxygen atoms in total. The van der Waals surface area contributed by atoms with E-state index < -0.39 is 18.3 Å². The Labute approximate surface area is 180 Å². The summed E-state index contributed by atoms with van der Waals surface area (Å²) in [5, 5.41) is 2.97.